The van der Waals surface area contributed by atoms with Gasteiger partial charge in [-0.1, -0.05) is 12.2 Å². The molecule has 0 unspecified atom stereocenters. The third-order valence-corrected chi connectivity index (χ3v) is 4.55. The molecule has 1 aromatic carbocycles. The van der Waals surface area contributed by atoms with Crippen LogP contribution in [0, 0.1) is 6.92 Å². The van der Waals surface area contributed by atoms with E-state index in [0.717, 1.165) is 18.5 Å². The number of amides is 1. The second-order valence-electron chi connectivity index (χ2n) is 6.73. The van der Waals surface area contributed by atoms with Gasteiger partial charge in [-0.2, -0.15) is 4.98 Å². The summed E-state index contributed by atoms with van der Waals surface area (Å²) in [7, 11) is 1.79. The third-order valence-electron chi connectivity index (χ3n) is 4.55. The van der Waals surface area contributed by atoms with Gasteiger partial charge in [0.05, 0.1) is 0 Å². The van der Waals surface area contributed by atoms with Gasteiger partial charge in [-0.15, -0.1) is 0 Å². The Balaban J connectivity index is 1.58. The van der Waals surface area contributed by atoms with Crippen LogP contribution >= 0.6 is 0 Å². The molecular weight excluding hydrogens is 374 g/mol. The number of carbonyl (C=O) groups excluding carboxylic acids is 1. The van der Waals surface area contributed by atoms with Crippen molar-refractivity contribution < 1.29 is 19.0 Å². The molecule has 3 heterocycles. The summed E-state index contributed by atoms with van der Waals surface area (Å²) in [5, 5.41) is 6.14. The van der Waals surface area contributed by atoms with Gasteiger partial charge in [0.2, 0.25) is 18.5 Å². The molecule has 2 N–H and O–H groups in total. The summed E-state index contributed by atoms with van der Waals surface area (Å²) in [5.74, 6) is 2.32. The molecule has 0 aliphatic carbocycles. The van der Waals surface area contributed by atoms with Gasteiger partial charge in [0, 0.05) is 49.7 Å². The molecular formula is C20H23N5O4. The molecule has 0 saturated heterocycles. The first kappa shape index (κ1) is 18.9. The van der Waals surface area contributed by atoms with E-state index >= 15 is 0 Å². The van der Waals surface area contributed by atoms with Gasteiger partial charge in [-0.25, -0.2) is 9.78 Å². The number of rotatable bonds is 4. The molecule has 4 rings (SSSR count). The summed E-state index contributed by atoms with van der Waals surface area (Å²) >= 11 is 0. The number of benzene rings is 1. The summed E-state index contributed by atoms with van der Waals surface area (Å²) in [6.07, 6.45) is 5.50. The molecule has 0 saturated carbocycles. The van der Waals surface area contributed by atoms with Crippen LogP contribution in [0.1, 0.15) is 18.5 Å². The molecule has 0 radical (unpaired) electrons. The maximum atomic E-state index is 12.6. The van der Waals surface area contributed by atoms with Crippen molar-refractivity contribution in [1.29, 1.82) is 0 Å². The summed E-state index contributed by atoms with van der Waals surface area (Å²) in [6, 6.07) is 5.29. The zero-order valence-electron chi connectivity index (χ0n) is 16.4. The highest BCUT2D eigenvalue weighted by molar-refractivity contribution is 5.75. The van der Waals surface area contributed by atoms with Gasteiger partial charge in [-0.3, -0.25) is 0 Å². The van der Waals surface area contributed by atoms with E-state index in [1.807, 2.05) is 19.1 Å². The van der Waals surface area contributed by atoms with Crippen LogP contribution in [0.5, 0.6) is 17.2 Å². The zero-order valence-corrected chi connectivity index (χ0v) is 16.4. The Morgan fingerprint density at radius 1 is 1.21 bits per heavy atom. The van der Waals surface area contributed by atoms with Crippen molar-refractivity contribution in [2.45, 2.75) is 19.8 Å². The Hall–Kier alpha value is -3.49. The summed E-state index contributed by atoms with van der Waals surface area (Å²) < 4.78 is 16.7. The van der Waals surface area contributed by atoms with Crippen molar-refractivity contribution >= 4 is 23.5 Å². The normalized spacial score (nSPS) is 15.0. The van der Waals surface area contributed by atoms with Gasteiger partial charge < -0.3 is 29.7 Å². The number of aryl methyl sites for hydroxylation is 1. The van der Waals surface area contributed by atoms with E-state index in [2.05, 4.69) is 26.7 Å². The Morgan fingerprint density at radius 3 is 2.97 bits per heavy atom. The smallest absolute Gasteiger partial charge is 0.415 e. The van der Waals surface area contributed by atoms with E-state index in [-0.39, 0.29) is 6.79 Å². The van der Waals surface area contributed by atoms with Crippen molar-refractivity contribution in [2.75, 3.05) is 37.6 Å². The number of nitrogens with one attached hydrogen (secondary N) is 2. The second kappa shape index (κ2) is 8.26. The fraction of sp³-hybridized carbons (Fsp3) is 0.350. The Kier molecular flexibility index (Phi) is 5.37. The van der Waals surface area contributed by atoms with Crippen molar-refractivity contribution in [3.8, 4) is 17.2 Å². The largest absolute Gasteiger partial charge is 0.453 e. The fourth-order valence-electron chi connectivity index (χ4n) is 3.14. The standard InChI is InChI=1S/C20H23N5O4/c1-13-9-17(21-2)24-19(22-13)23-14-10-15-18(28-12-27-15)16(11-14)29-20(26)25-7-5-3-4-6-8-25/h3,5,9-11H,4,6-8,12H2,1-2H3,(H2,21,22,23,24). The molecule has 29 heavy (non-hydrogen) atoms. The fourth-order valence-corrected chi connectivity index (χ4v) is 3.14. The molecule has 1 amide bonds. The maximum absolute atomic E-state index is 12.6. The highest BCUT2D eigenvalue weighted by Crippen LogP contribution is 2.44. The number of hydrogen-bond donors (Lipinski definition) is 2. The van der Waals surface area contributed by atoms with Crippen LogP contribution in [0.15, 0.2) is 30.4 Å². The van der Waals surface area contributed by atoms with Gasteiger partial charge in [-0.05, 0) is 19.8 Å². The molecule has 0 spiro atoms. The number of hydrogen-bond acceptors (Lipinski definition) is 8. The molecule has 9 heteroatoms. The lowest BCUT2D eigenvalue weighted by Gasteiger charge is -2.19. The second-order valence-corrected chi connectivity index (χ2v) is 6.73. The average Bonchev–Trinajstić information content (AvgIpc) is 3.00. The first-order chi connectivity index (χ1) is 14.1. The minimum Gasteiger partial charge on any atom is -0.453 e. The predicted molar refractivity (Wildman–Crippen MR) is 108 cm³/mol. The highest BCUT2D eigenvalue weighted by atomic mass is 16.7. The van der Waals surface area contributed by atoms with Crippen LogP contribution in [-0.2, 0) is 0 Å². The predicted octanol–water partition coefficient (Wildman–Crippen LogP) is 3.45. The van der Waals surface area contributed by atoms with Crippen LogP contribution in [0.4, 0.5) is 22.2 Å². The van der Waals surface area contributed by atoms with Crippen molar-refractivity contribution in [3.05, 3.63) is 36.0 Å². The van der Waals surface area contributed by atoms with Gasteiger partial charge in [0.25, 0.3) is 0 Å². The van der Waals surface area contributed by atoms with Crippen molar-refractivity contribution in [1.82, 2.24) is 14.9 Å². The topological polar surface area (TPSA) is 97.8 Å². The Labute approximate surface area is 168 Å². The molecule has 2 aliphatic rings. The van der Waals surface area contributed by atoms with Crippen molar-refractivity contribution in [2.24, 2.45) is 0 Å². The SMILES string of the molecule is CNc1cc(C)nc(Nc2cc3c(c(OC(=O)N4CC=CCCC4)c2)OCO3)n1. The van der Waals surface area contributed by atoms with Crippen LogP contribution in [0.3, 0.4) is 0 Å². The monoisotopic (exact) mass is 397 g/mol. The lowest BCUT2D eigenvalue weighted by molar-refractivity contribution is 0.151. The van der Waals surface area contributed by atoms with E-state index in [4.69, 9.17) is 14.2 Å². The number of carbonyl (C=O) groups is 1. The molecule has 0 bridgehead atoms. The number of allylic oxidation sites excluding steroid dienone is 1. The van der Waals surface area contributed by atoms with Gasteiger partial charge in [0.15, 0.2) is 11.5 Å². The summed E-state index contributed by atoms with van der Waals surface area (Å²) in [6.45, 7) is 3.13. The van der Waals surface area contributed by atoms with E-state index in [1.54, 1.807) is 24.1 Å². The van der Waals surface area contributed by atoms with E-state index in [9.17, 15) is 4.79 Å². The number of ether oxygens (including phenoxy) is 3. The van der Waals surface area contributed by atoms with Crippen LogP contribution in [0.25, 0.3) is 0 Å². The van der Waals surface area contributed by atoms with Gasteiger partial charge >= 0.3 is 6.09 Å². The zero-order chi connectivity index (χ0) is 20.2. The average molecular weight is 397 g/mol. The molecule has 0 atom stereocenters. The molecule has 9 nitrogen and oxygen atoms in total. The summed E-state index contributed by atoms with van der Waals surface area (Å²) in [5.41, 5.74) is 1.44. The molecule has 2 aliphatic heterocycles. The number of aromatic nitrogens is 2. The molecule has 2 aromatic rings. The Morgan fingerprint density at radius 2 is 2.10 bits per heavy atom. The van der Waals surface area contributed by atoms with E-state index in [0.29, 0.717) is 47.8 Å². The molecule has 152 valence electrons. The number of fused-ring (bicyclic) bond motifs is 1. The summed E-state index contributed by atoms with van der Waals surface area (Å²) in [4.78, 5) is 23.1. The number of nitrogens with zero attached hydrogens (tertiary/aromatic N) is 3. The van der Waals surface area contributed by atoms with Crippen molar-refractivity contribution in [3.63, 3.8) is 0 Å². The molecule has 1 aromatic heterocycles. The lowest BCUT2D eigenvalue weighted by Crippen LogP contribution is -2.34. The maximum Gasteiger partial charge on any atom is 0.415 e. The lowest BCUT2D eigenvalue weighted by atomic mass is 10.2. The first-order valence-electron chi connectivity index (χ1n) is 9.48. The minimum absolute atomic E-state index is 0.0701. The quantitative estimate of drug-likeness (QED) is 0.757. The first-order valence-corrected chi connectivity index (χ1v) is 9.48. The molecule has 0 fully saturated rings. The van der Waals surface area contributed by atoms with Gasteiger partial charge in [0.1, 0.15) is 5.82 Å². The van der Waals surface area contributed by atoms with Crippen LogP contribution in [0.2, 0.25) is 0 Å². The highest BCUT2D eigenvalue weighted by Gasteiger charge is 2.25. The van der Waals surface area contributed by atoms with E-state index in [1.165, 1.54) is 0 Å². The van der Waals surface area contributed by atoms with Crippen LogP contribution < -0.4 is 24.8 Å². The van der Waals surface area contributed by atoms with Crippen LogP contribution in [-0.4, -0.2) is 47.9 Å². The Bertz CT molecular complexity index is 947. The number of anilines is 3. The minimum atomic E-state index is -0.421. The van der Waals surface area contributed by atoms with E-state index < -0.39 is 6.09 Å². The third kappa shape index (κ3) is 4.34.